The number of ether oxygens (including phenoxy) is 3. The highest BCUT2D eigenvalue weighted by atomic mass is 16.8. The Bertz CT molecular complexity index is 1990. The van der Waals surface area contributed by atoms with Crippen molar-refractivity contribution >= 4 is 11.4 Å². The molecule has 0 saturated carbocycles. The molecule has 0 bridgehead atoms. The molecule has 0 amide bonds. The molecular weight excluding hydrogens is 632 g/mol. The Balaban J connectivity index is 0.929. The van der Waals surface area contributed by atoms with Crippen LogP contribution in [-0.2, 0) is 21.8 Å². The van der Waals surface area contributed by atoms with Gasteiger partial charge in [0.2, 0.25) is 5.79 Å². The lowest BCUT2D eigenvalue weighted by Crippen LogP contribution is -2.46. The van der Waals surface area contributed by atoms with E-state index in [-0.39, 0.29) is 17.8 Å². The van der Waals surface area contributed by atoms with Crippen molar-refractivity contribution in [2.75, 3.05) is 49.2 Å². The van der Waals surface area contributed by atoms with E-state index in [2.05, 4.69) is 50.3 Å². The Morgan fingerprint density at radius 3 is 2.28 bits per heavy atom. The zero-order chi connectivity index (χ0) is 34.7. The average Bonchev–Trinajstić information content (AvgIpc) is 3.92. The lowest BCUT2D eigenvalue weighted by molar-refractivity contribution is -0.191. The second-order valence-electron chi connectivity index (χ2n) is 12.9. The van der Waals surface area contributed by atoms with E-state index in [9.17, 15) is 10.1 Å². The lowest BCUT2D eigenvalue weighted by atomic mass is 9.98. The predicted octanol–water partition coefficient (Wildman–Crippen LogP) is 5.06. The van der Waals surface area contributed by atoms with Crippen LogP contribution in [0, 0.1) is 18.3 Å². The van der Waals surface area contributed by atoms with Crippen molar-refractivity contribution < 1.29 is 14.2 Å². The third-order valence-electron chi connectivity index (χ3n) is 9.67. The Kier molecular flexibility index (Phi) is 9.43. The zero-order valence-corrected chi connectivity index (χ0v) is 28.7. The molecule has 2 saturated heterocycles. The Morgan fingerprint density at radius 2 is 1.66 bits per heavy atom. The van der Waals surface area contributed by atoms with Crippen LogP contribution < -0.4 is 20.2 Å². The summed E-state index contributed by atoms with van der Waals surface area (Å²) in [6.07, 6.45) is 5.78. The predicted molar refractivity (Wildman–Crippen MR) is 190 cm³/mol. The molecule has 3 aromatic carbocycles. The second-order valence-corrected chi connectivity index (χ2v) is 12.9. The Labute approximate surface area is 291 Å². The molecule has 4 heterocycles. The van der Waals surface area contributed by atoms with E-state index in [1.165, 1.54) is 0 Å². The summed E-state index contributed by atoms with van der Waals surface area (Å²) < 4.78 is 24.1. The first-order valence-electron chi connectivity index (χ1n) is 17.2. The standard InChI is InChI=1S/C38H42N8O4/c1-4-29(3)46-37(47)45(27-41-46)33-9-7-31(8-10-33)42-18-20-43(21-19-42)32-11-13-34(14-12-32)48-24-35-25-49-38(50-35,26-44-17-5-16-40-44)36-15-6-30(23-39)22-28(36)2/h5-17,22,27,29,35H,4,18-21,24-26H2,1-3H3/t29-,35+,38+/m1/s1. The SMILES string of the molecule is CC[C@@H](C)n1ncn(-c2ccc(N3CCN(c4ccc(OC[C@H]5CO[C@](Cn6cccn6)(c6ccc(C#N)cc6C)O5)cc4)CC3)cc2)c1=O. The number of benzene rings is 3. The highest BCUT2D eigenvalue weighted by molar-refractivity contribution is 5.55. The summed E-state index contributed by atoms with van der Waals surface area (Å²) in [7, 11) is 0. The van der Waals surface area contributed by atoms with E-state index in [1.807, 2.05) is 69.4 Å². The van der Waals surface area contributed by atoms with Crippen LogP contribution in [-0.4, -0.2) is 69.6 Å². The molecule has 2 aliphatic rings. The minimum absolute atomic E-state index is 0.0657. The van der Waals surface area contributed by atoms with E-state index in [1.54, 1.807) is 32.5 Å². The van der Waals surface area contributed by atoms with Crippen LogP contribution in [0.2, 0.25) is 0 Å². The van der Waals surface area contributed by atoms with E-state index >= 15 is 0 Å². The largest absolute Gasteiger partial charge is 0.491 e. The van der Waals surface area contributed by atoms with Crippen LogP contribution in [0.25, 0.3) is 5.69 Å². The highest BCUT2D eigenvalue weighted by Crippen LogP contribution is 2.38. The molecule has 3 atom stereocenters. The molecule has 0 aliphatic carbocycles. The molecule has 258 valence electrons. The molecule has 2 aliphatic heterocycles. The van der Waals surface area contributed by atoms with Gasteiger partial charge in [-0.1, -0.05) is 13.0 Å². The van der Waals surface area contributed by atoms with Gasteiger partial charge in [-0.05, 0) is 92.6 Å². The van der Waals surface area contributed by atoms with Crippen molar-refractivity contribution in [2.24, 2.45) is 0 Å². The topological polar surface area (TPSA) is 116 Å². The monoisotopic (exact) mass is 674 g/mol. The van der Waals surface area contributed by atoms with Crippen molar-refractivity contribution in [3.8, 4) is 17.5 Å². The van der Waals surface area contributed by atoms with Crippen LogP contribution >= 0.6 is 0 Å². The Morgan fingerprint density at radius 1 is 0.980 bits per heavy atom. The number of rotatable bonds is 11. The third kappa shape index (κ3) is 6.75. The average molecular weight is 675 g/mol. The van der Waals surface area contributed by atoms with Crippen LogP contribution in [0.5, 0.6) is 5.75 Å². The molecular formula is C38H42N8O4. The number of piperazine rings is 1. The van der Waals surface area contributed by atoms with Gasteiger partial charge in [0, 0.05) is 55.5 Å². The van der Waals surface area contributed by atoms with Crippen molar-refractivity contribution in [1.29, 1.82) is 5.26 Å². The maximum atomic E-state index is 12.8. The third-order valence-corrected chi connectivity index (χ3v) is 9.67. The normalized spacial score (nSPS) is 19.8. The molecule has 0 radical (unpaired) electrons. The van der Waals surface area contributed by atoms with Crippen molar-refractivity contribution in [3.05, 3.63) is 119 Å². The summed E-state index contributed by atoms with van der Waals surface area (Å²) in [5.41, 5.74) is 5.38. The minimum Gasteiger partial charge on any atom is -0.491 e. The maximum absolute atomic E-state index is 12.8. The van der Waals surface area contributed by atoms with Gasteiger partial charge in [-0.3, -0.25) is 4.68 Å². The number of nitriles is 1. The van der Waals surface area contributed by atoms with Gasteiger partial charge in [-0.25, -0.2) is 14.0 Å². The fourth-order valence-electron chi connectivity index (χ4n) is 6.68. The molecule has 5 aromatic rings. The van der Waals surface area contributed by atoms with Gasteiger partial charge in [-0.2, -0.15) is 15.5 Å². The first-order valence-corrected chi connectivity index (χ1v) is 17.2. The summed E-state index contributed by atoms with van der Waals surface area (Å²) in [5, 5.41) is 18.0. The number of nitrogens with zero attached hydrogens (tertiary/aromatic N) is 8. The highest BCUT2D eigenvalue weighted by Gasteiger charge is 2.45. The lowest BCUT2D eigenvalue weighted by Gasteiger charge is -2.37. The van der Waals surface area contributed by atoms with Gasteiger partial charge >= 0.3 is 5.69 Å². The van der Waals surface area contributed by atoms with Crippen LogP contribution in [0.1, 0.15) is 43.0 Å². The molecule has 12 nitrogen and oxygen atoms in total. The zero-order valence-electron chi connectivity index (χ0n) is 28.7. The molecule has 12 heteroatoms. The van der Waals surface area contributed by atoms with Gasteiger partial charge in [0.25, 0.3) is 0 Å². The number of aromatic nitrogens is 5. The van der Waals surface area contributed by atoms with Gasteiger partial charge in [0.15, 0.2) is 0 Å². The smallest absolute Gasteiger partial charge is 0.350 e. The number of aryl methyl sites for hydroxylation is 1. The number of hydrogen-bond donors (Lipinski definition) is 0. The van der Waals surface area contributed by atoms with Gasteiger partial charge in [0.1, 0.15) is 24.8 Å². The summed E-state index contributed by atoms with van der Waals surface area (Å²) >= 11 is 0. The second kappa shape index (κ2) is 14.2. The fourth-order valence-corrected chi connectivity index (χ4v) is 6.68. The van der Waals surface area contributed by atoms with Gasteiger partial charge in [-0.15, -0.1) is 0 Å². The first-order chi connectivity index (χ1) is 24.4. The maximum Gasteiger partial charge on any atom is 0.350 e. The van der Waals surface area contributed by atoms with E-state index in [4.69, 9.17) is 14.2 Å². The molecule has 50 heavy (non-hydrogen) atoms. The molecule has 0 spiro atoms. The molecule has 2 aromatic heterocycles. The quantitative estimate of drug-likeness (QED) is 0.190. The fraction of sp³-hybridized carbons (Fsp3) is 0.368. The molecule has 0 N–H and O–H groups in total. The van der Waals surface area contributed by atoms with E-state index in [0.717, 1.165) is 66.5 Å². The van der Waals surface area contributed by atoms with Gasteiger partial charge in [0.05, 0.1) is 36.5 Å². The van der Waals surface area contributed by atoms with E-state index < -0.39 is 5.79 Å². The van der Waals surface area contributed by atoms with E-state index in [0.29, 0.717) is 25.3 Å². The van der Waals surface area contributed by atoms with Crippen molar-refractivity contribution in [2.45, 2.75) is 51.7 Å². The number of anilines is 2. The van der Waals surface area contributed by atoms with Gasteiger partial charge < -0.3 is 24.0 Å². The summed E-state index contributed by atoms with van der Waals surface area (Å²) in [6, 6.07) is 26.0. The summed E-state index contributed by atoms with van der Waals surface area (Å²) in [5.74, 6) is -0.271. The van der Waals surface area contributed by atoms with Crippen LogP contribution in [0.3, 0.4) is 0 Å². The summed E-state index contributed by atoms with van der Waals surface area (Å²) in [6.45, 7) is 10.7. The summed E-state index contributed by atoms with van der Waals surface area (Å²) in [4.78, 5) is 17.6. The van der Waals surface area contributed by atoms with Crippen LogP contribution in [0.4, 0.5) is 11.4 Å². The number of hydrogen-bond acceptors (Lipinski definition) is 9. The minimum atomic E-state index is -1.04. The molecule has 2 fully saturated rings. The van der Waals surface area contributed by atoms with Crippen molar-refractivity contribution in [1.82, 2.24) is 24.1 Å². The van der Waals surface area contributed by atoms with Crippen molar-refractivity contribution in [3.63, 3.8) is 0 Å². The Hall–Kier alpha value is -5.38. The first kappa shape index (κ1) is 33.1. The molecule has 0 unspecified atom stereocenters. The molecule has 7 rings (SSSR count). The van der Waals surface area contributed by atoms with Crippen LogP contribution in [0.15, 0.2) is 96.3 Å².